The summed E-state index contributed by atoms with van der Waals surface area (Å²) in [6.07, 6.45) is 1.89. The molecule has 1 aromatic carbocycles. The first-order valence-electron chi connectivity index (χ1n) is 7.03. The molecule has 1 heterocycles. The molecule has 106 valence electrons. The maximum absolute atomic E-state index is 4.33. The number of nitrogens with one attached hydrogen (secondary N) is 1. The van der Waals surface area contributed by atoms with Gasteiger partial charge in [0.1, 0.15) is 0 Å². The lowest BCUT2D eigenvalue weighted by atomic mass is 10.2. The molecule has 0 radical (unpaired) electrons. The minimum atomic E-state index is 0.474. The summed E-state index contributed by atoms with van der Waals surface area (Å²) in [5, 5.41) is 4.33. The first-order valence-corrected chi connectivity index (χ1v) is 7.03. The summed E-state index contributed by atoms with van der Waals surface area (Å²) in [5.41, 5.74) is 9.01. The minimum Gasteiger partial charge on any atom is -0.346 e. The first kappa shape index (κ1) is 14.4. The molecular formula is C17H23N3. The highest BCUT2D eigenvalue weighted by molar-refractivity contribution is 5.82. The standard InChI is InChI=1S/C17H23N3/c1-12(2)20-14(4)10-16(15(20)5)11-18-19-17-8-6-13(3)7-9-17/h6-12,19H,1-5H3/b18-11-. The van der Waals surface area contributed by atoms with Crippen LogP contribution in [0.15, 0.2) is 35.4 Å². The summed E-state index contributed by atoms with van der Waals surface area (Å²) < 4.78 is 2.33. The Bertz CT molecular complexity index is 604. The Hall–Kier alpha value is -2.03. The van der Waals surface area contributed by atoms with Gasteiger partial charge in [-0.05, 0) is 52.8 Å². The summed E-state index contributed by atoms with van der Waals surface area (Å²) in [5.74, 6) is 0. The fourth-order valence-electron chi connectivity index (χ4n) is 2.53. The fraction of sp³-hybridized carbons (Fsp3) is 0.353. The van der Waals surface area contributed by atoms with Crippen LogP contribution in [0.4, 0.5) is 5.69 Å². The number of nitrogens with zero attached hydrogens (tertiary/aromatic N) is 2. The predicted octanol–water partition coefficient (Wildman–Crippen LogP) is 4.44. The van der Waals surface area contributed by atoms with Gasteiger partial charge in [-0.15, -0.1) is 0 Å². The molecule has 0 aliphatic heterocycles. The number of aryl methyl sites for hydroxylation is 2. The third-order valence-corrected chi connectivity index (χ3v) is 3.49. The zero-order chi connectivity index (χ0) is 14.7. The van der Waals surface area contributed by atoms with Crippen molar-refractivity contribution in [3.8, 4) is 0 Å². The van der Waals surface area contributed by atoms with E-state index in [4.69, 9.17) is 0 Å². The highest BCUT2D eigenvalue weighted by Crippen LogP contribution is 2.18. The van der Waals surface area contributed by atoms with E-state index in [9.17, 15) is 0 Å². The smallest absolute Gasteiger partial charge is 0.0562 e. The topological polar surface area (TPSA) is 29.3 Å². The van der Waals surface area contributed by atoms with Crippen LogP contribution in [0, 0.1) is 20.8 Å². The van der Waals surface area contributed by atoms with E-state index in [1.54, 1.807) is 0 Å². The van der Waals surface area contributed by atoms with Crippen LogP contribution in [-0.4, -0.2) is 10.8 Å². The monoisotopic (exact) mass is 269 g/mol. The van der Waals surface area contributed by atoms with Crippen LogP contribution in [0.5, 0.6) is 0 Å². The average molecular weight is 269 g/mol. The molecule has 0 saturated heterocycles. The Morgan fingerprint density at radius 3 is 2.30 bits per heavy atom. The number of rotatable bonds is 4. The molecule has 0 atom stereocenters. The van der Waals surface area contributed by atoms with E-state index >= 15 is 0 Å². The van der Waals surface area contributed by atoms with Crippen LogP contribution < -0.4 is 5.43 Å². The lowest BCUT2D eigenvalue weighted by Crippen LogP contribution is -2.05. The van der Waals surface area contributed by atoms with E-state index in [1.165, 1.54) is 17.0 Å². The predicted molar refractivity (Wildman–Crippen MR) is 86.7 cm³/mol. The molecule has 0 aliphatic rings. The van der Waals surface area contributed by atoms with Gasteiger partial charge < -0.3 is 4.57 Å². The first-order chi connectivity index (χ1) is 9.49. The largest absolute Gasteiger partial charge is 0.346 e. The molecule has 20 heavy (non-hydrogen) atoms. The van der Waals surface area contributed by atoms with Crippen molar-refractivity contribution in [2.24, 2.45) is 5.10 Å². The van der Waals surface area contributed by atoms with Gasteiger partial charge in [0.05, 0.1) is 11.9 Å². The minimum absolute atomic E-state index is 0.474. The zero-order valence-electron chi connectivity index (χ0n) is 12.9. The van der Waals surface area contributed by atoms with Gasteiger partial charge in [-0.2, -0.15) is 5.10 Å². The van der Waals surface area contributed by atoms with Crippen molar-refractivity contribution in [1.82, 2.24) is 4.57 Å². The van der Waals surface area contributed by atoms with Gasteiger partial charge in [0.25, 0.3) is 0 Å². The van der Waals surface area contributed by atoms with Gasteiger partial charge in [-0.3, -0.25) is 5.43 Å². The maximum atomic E-state index is 4.33. The van der Waals surface area contributed by atoms with Crippen molar-refractivity contribution < 1.29 is 0 Å². The van der Waals surface area contributed by atoms with E-state index < -0.39 is 0 Å². The van der Waals surface area contributed by atoms with Crippen molar-refractivity contribution in [2.45, 2.75) is 40.7 Å². The Morgan fingerprint density at radius 1 is 1.10 bits per heavy atom. The van der Waals surface area contributed by atoms with E-state index in [0.29, 0.717) is 6.04 Å². The number of hydrogen-bond donors (Lipinski definition) is 1. The van der Waals surface area contributed by atoms with E-state index in [2.05, 4.69) is 67.9 Å². The molecule has 3 heteroatoms. The Labute approximate surface area is 121 Å². The number of benzene rings is 1. The fourth-order valence-corrected chi connectivity index (χ4v) is 2.53. The Balaban J connectivity index is 2.12. The molecule has 2 rings (SSSR count). The highest BCUT2D eigenvalue weighted by Gasteiger charge is 2.09. The molecule has 0 amide bonds. The van der Waals surface area contributed by atoms with Gasteiger partial charge in [0.15, 0.2) is 0 Å². The lowest BCUT2D eigenvalue weighted by Gasteiger charge is -2.13. The molecule has 2 aromatic rings. The zero-order valence-corrected chi connectivity index (χ0v) is 12.9. The van der Waals surface area contributed by atoms with Crippen molar-refractivity contribution in [3.05, 3.63) is 52.8 Å². The van der Waals surface area contributed by atoms with Crippen molar-refractivity contribution >= 4 is 11.9 Å². The van der Waals surface area contributed by atoms with E-state index in [-0.39, 0.29) is 0 Å². The molecule has 0 fully saturated rings. The number of anilines is 1. The van der Waals surface area contributed by atoms with Crippen molar-refractivity contribution in [2.75, 3.05) is 5.43 Å². The summed E-state index contributed by atoms with van der Waals surface area (Å²) in [6, 6.07) is 10.9. The second kappa shape index (κ2) is 5.95. The maximum Gasteiger partial charge on any atom is 0.0562 e. The second-order valence-corrected chi connectivity index (χ2v) is 5.53. The van der Waals surface area contributed by atoms with Crippen LogP contribution in [0.2, 0.25) is 0 Å². The third kappa shape index (κ3) is 3.10. The molecule has 0 aliphatic carbocycles. The normalized spacial score (nSPS) is 11.5. The van der Waals surface area contributed by atoms with Gasteiger partial charge in [-0.25, -0.2) is 0 Å². The summed E-state index contributed by atoms with van der Waals surface area (Å²) in [6.45, 7) is 10.8. The second-order valence-electron chi connectivity index (χ2n) is 5.53. The van der Waals surface area contributed by atoms with E-state index in [1.807, 2.05) is 18.3 Å². The summed E-state index contributed by atoms with van der Waals surface area (Å²) in [4.78, 5) is 0. The average Bonchev–Trinajstić information content (AvgIpc) is 2.67. The summed E-state index contributed by atoms with van der Waals surface area (Å²) >= 11 is 0. The van der Waals surface area contributed by atoms with Crippen LogP contribution >= 0.6 is 0 Å². The molecule has 0 saturated carbocycles. The van der Waals surface area contributed by atoms with Crippen molar-refractivity contribution in [3.63, 3.8) is 0 Å². The number of hydrogen-bond acceptors (Lipinski definition) is 2. The van der Waals surface area contributed by atoms with Crippen LogP contribution in [0.3, 0.4) is 0 Å². The number of hydrazone groups is 1. The van der Waals surface area contributed by atoms with Crippen LogP contribution in [0.25, 0.3) is 0 Å². The molecule has 0 spiro atoms. The number of aromatic nitrogens is 1. The van der Waals surface area contributed by atoms with Crippen LogP contribution in [0.1, 0.15) is 42.4 Å². The van der Waals surface area contributed by atoms with E-state index in [0.717, 1.165) is 11.3 Å². The summed E-state index contributed by atoms with van der Waals surface area (Å²) in [7, 11) is 0. The van der Waals surface area contributed by atoms with Crippen LogP contribution in [-0.2, 0) is 0 Å². The SMILES string of the molecule is Cc1ccc(N/N=C\c2cc(C)n(C(C)C)c2C)cc1. The third-order valence-electron chi connectivity index (χ3n) is 3.49. The molecule has 1 N–H and O–H groups in total. The molecule has 1 aromatic heterocycles. The van der Waals surface area contributed by atoms with Gasteiger partial charge >= 0.3 is 0 Å². The Morgan fingerprint density at radius 2 is 1.75 bits per heavy atom. The Kier molecular flexibility index (Phi) is 4.28. The van der Waals surface area contributed by atoms with Gasteiger partial charge in [-0.1, -0.05) is 17.7 Å². The van der Waals surface area contributed by atoms with Crippen molar-refractivity contribution in [1.29, 1.82) is 0 Å². The quantitative estimate of drug-likeness (QED) is 0.645. The lowest BCUT2D eigenvalue weighted by molar-refractivity contribution is 0.574. The molecule has 3 nitrogen and oxygen atoms in total. The highest BCUT2D eigenvalue weighted by atomic mass is 15.3. The molecular weight excluding hydrogens is 246 g/mol. The van der Waals surface area contributed by atoms with Gasteiger partial charge in [0, 0.05) is 23.0 Å². The molecule has 0 bridgehead atoms. The molecule has 0 unspecified atom stereocenters. The van der Waals surface area contributed by atoms with Gasteiger partial charge in [0.2, 0.25) is 0 Å².